The van der Waals surface area contributed by atoms with Gasteiger partial charge in [0.25, 0.3) is 0 Å². The number of rotatable bonds is 14. The van der Waals surface area contributed by atoms with Gasteiger partial charge in [0.05, 0.1) is 19.6 Å². The third-order valence-electron chi connectivity index (χ3n) is 6.02. The van der Waals surface area contributed by atoms with E-state index >= 15 is 0 Å². The molecule has 0 bridgehead atoms. The lowest BCUT2D eigenvalue weighted by atomic mass is 9.81. The molecule has 0 atom stereocenters. The van der Waals surface area contributed by atoms with Gasteiger partial charge in [0.15, 0.2) is 0 Å². The van der Waals surface area contributed by atoms with Crippen molar-refractivity contribution in [1.29, 1.82) is 0 Å². The normalized spacial score (nSPS) is 12.9. The molecular formula is C28H42N4O4. The largest absolute Gasteiger partial charge is 0.350 e. The van der Waals surface area contributed by atoms with E-state index in [-0.39, 0.29) is 87.7 Å². The highest BCUT2D eigenvalue weighted by atomic mass is 16.2. The van der Waals surface area contributed by atoms with E-state index in [1.807, 2.05) is 13.8 Å². The number of amides is 4. The molecule has 1 rings (SSSR count). The molecule has 198 valence electrons. The molecule has 0 aromatic carbocycles. The van der Waals surface area contributed by atoms with Crippen molar-refractivity contribution in [2.75, 3.05) is 19.6 Å². The molecule has 1 aliphatic rings. The lowest BCUT2D eigenvalue weighted by molar-refractivity contribution is -0.130. The molecular weight excluding hydrogens is 456 g/mol. The molecule has 0 radical (unpaired) electrons. The predicted octanol–water partition coefficient (Wildman–Crippen LogP) is 2.04. The van der Waals surface area contributed by atoms with E-state index in [2.05, 4.69) is 39.0 Å². The summed E-state index contributed by atoms with van der Waals surface area (Å²) in [5.41, 5.74) is -0.928. The Bertz CT molecular complexity index is 742. The number of terminal acetylenes is 3. The maximum absolute atomic E-state index is 13.2. The average Bonchev–Trinajstić information content (AvgIpc) is 2.91. The number of nitrogens with one attached hydrogen (secondary N) is 4. The van der Waals surface area contributed by atoms with Crippen LogP contribution in [0.3, 0.4) is 0 Å². The Kier molecular flexibility index (Phi) is 17.9. The Balaban J connectivity index is 0.00000596. The topological polar surface area (TPSA) is 116 Å². The average molecular weight is 499 g/mol. The first-order valence-electron chi connectivity index (χ1n) is 12.8. The Hall–Kier alpha value is -3.44. The number of carbonyl (C=O) groups excluding carboxylic acids is 4. The van der Waals surface area contributed by atoms with E-state index in [4.69, 9.17) is 19.3 Å². The Labute approximate surface area is 216 Å². The molecule has 8 heteroatoms. The van der Waals surface area contributed by atoms with Crippen molar-refractivity contribution >= 4 is 23.6 Å². The second-order valence-corrected chi connectivity index (χ2v) is 8.55. The van der Waals surface area contributed by atoms with Gasteiger partial charge >= 0.3 is 0 Å². The highest BCUT2D eigenvalue weighted by molar-refractivity contribution is 5.81. The zero-order valence-electron chi connectivity index (χ0n) is 21.8. The van der Waals surface area contributed by atoms with Crippen molar-refractivity contribution in [1.82, 2.24) is 21.3 Å². The minimum absolute atomic E-state index is 0.0879. The lowest BCUT2D eigenvalue weighted by Gasteiger charge is -2.37. The molecule has 36 heavy (non-hydrogen) atoms. The lowest BCUT2D eigenvalue weighted by Crippen LogP contribution is -2.52. The van der Waals surface area contributed by atoms with Crippen LogP contribution < -0.4 is 21.3 Å². The first-order chi connectivity index (χ1) is 17.4. The van der Waals surface area contributed by atoms with Crippen LogP contribution in [-0.2, 0) is 19.2 Å². The van der Waals surface area contributed by atoms with E-state index in [0.717, 1.165) is 32.1 Å². The highest BCUT2D eigenvalue weighted by Gasteiger charge is 2.35. The Morgan fingerprint density at radius 1 is 0.694 bits per heavy atom. The summed E-state index contributed by atoms with van der Waals surface area (Å²) in [6, 6.07) is 0. The van der Waals surface area contributed by atoms with Gasteiger partial charge in [0.2, 0.25) is 23.6 Å². The smallest absolute Gasteiger partial charge is 0.223 e. The summed E-state index contributed by atoms with van der Waals surface area (Å²) >= 11 is 0. The van der Waals surface area contributed by atoms with Crippen molar-refractivity contribution in [2.24, 2.45) is 5.92 Å². The maximum atomic E-state index is 13.2. The minimum Gasteiger partial charge on any atom is -0.350 e. The molecule has 0 spiro atoms. The van der Waals surface area contributed by atoms with E-state index in [1.165, 1.54) is 0 Å². The molecule has 8 nitrogen and oxygen atoms in total. The van der Waals surface area contributed by atoms with Gasteiger partial charge in [-0.3, -0.25) is 19.2 Å². The predicted molar refractivity (Wildman–Crippen MR) is 142 cm³/mol. The van der Waals surface area contributed by atoms with Gasteiger partial charge in [-0.05, 0) is 32.1 Å². The fourth-order valence-corrected chi connectivity index (χ4v) is 4.06. The van der Waals surface area contributed by atoms with Gasteiger partial charge in [-0.25, -0.2) is 0 Å². The van der Waals surface area contributed by atoms with Gasteiger partial charge in [0.1, 0.15) is 0 Å². The van der Waals surface area contributed by atoms with Crippen molar-refractivity contribution < 1.29 is 19.2 Å². The summed E-state index contributed by atoms with van der Waals surface area (Å²) in [7, 11) is 0. The van der Waals surface area contributed by atoms with Gasteiger partial charge in [-0.1, -0.05) is 50.9 Å². The fraction of sp³-hybridized carbons (Fsp3) is 0.643. The van der Waals surface area contributed by atoms with E-state index in [0.29, 0.717) is 0 Å². The zero-order chi connectivity index (χ0) is 27.2. The van der Waals surface area contributed by atoms with Crippen LogP contribution in [0.1, 0.15) is 84.5 Å². The molecule has 1 saturated carbocycles. The summed E-state index contributed by atoms with van der Waals surface area (Å²) in [5, 5.41) is 11.0. The van der Waals surface area contributed by atoms with E-state index in [9.17, 15) is 19.2 Å². The summed E-state index contributed by atoms with van der Waals surface area (Å²) in [6.07, 6.45) is 21.4. The molecule has 0 aromatic rings. The van der Waals surface area contributed by atoms with Crippen LogP contribution in [0.5, 0.6) is 0 Å². The minimum atomic E-state index is -0.928. The monoisotopic (exact) mass is 498 g/mol. The molecule has 4 N–H and O–H groups in total. The molecule has 0 saturated heterocycles. The summed E-state index contributed by atoms with van der Waals surface area (Å²) in [5.74, 6) is 6.05. The third-order valence-corrected chi connectivity index (χ3v) is 6.02. The summed E-state index contributed by atoms with van der Waals surface area (Å²) in [4.78, 5) is 50.0. The molecule has 4 amide bonds. The van der Waals surface area contributed by atoms with Crippen LogP contribution in [0, 0.1) is 42.9 Å². The van der Waals surface area contributed by atoms with Crippen LogP contribution in [0.2, 0.25) is 0 Å². The zero-order valence-corrected chi connectivity index (χ0v) is 21.8. The van der Waals surface area contributed by atoms with Crippen molar-refractivity contribution in [3.8, 4) is 37.0 Å². The van der Waals surface area contributed by atoms with Crippen molar-refractivity contribution in [3.05, 3.63) is 0 Å². The second kappa shape index (κ2) is 19.8. The van der Waals surface area contributed by atoms with Crippen LogP contribution in [0.15, 0.2) is 0 Å². The Morgan fingerprint density at radius 3 is 1.39 bits per heavy atom. The van der Waals surface area contributed by atoms with Crippen LogP contribution in [0.25, 0.3) is 0 Å². The van der Waals surface area contributed by atoms with Crippen LogP contribution in [0.4, 0.5) is 0 Å². The van der Waals surface area contributed by atoms with Crippen molar-refractivity contribution in [3.63, 3.8) is 0 Å². The molecule has 0 unspecified atom stereocenters. The third kappa shape index (κ3) is 14.1. The Morgan fingerprint density at radius 2 is 1.06 bits per heavy atom. The molecule has 1 fully saturated rings. The second-order valence-electron chi connectivity index (χ2n) is 8.55. The summed E-state index contributed by atoms with van der Waals surface area (Å²) in [6.45, 7) is 4.30. The quantitative estimate of drug-likeness (QED) is 0.274. The number of carbonyl (C=O) groups is 4. The molecule has 1 aliphatic carbocycles. The highest BCUT2D eigenvalue weighted by Crippen LogP contribution is 2.29. The summed E-state index contributed by atoms with van der Waals surface area (Å²) < 4.78 is 0. The van der Waals surface area contributed by atoms with Crippen LogP contribution in [-0.4, -0.2) is 48.8 Å². The van der Waals surface area contributed by atoms with Gasteiger partial charge < -0.3 is 21.3 Å². The van der Waals surface area contributed by atoms with Gasteiger partial charge in [-0.2, -0.15) is 0 Å². The maximum Gasteiger partial charge on any atom is 0.223 e. The fourth-order valence-electron chi connectivity index (χ4n) is 4.06. The number of hydrogen-bond acceptors (Lipinski definition) is 4. The van der Waals surface area contributed by atoms with Crippen LogP contribution >= 0.6 is 0 Å². The van der Waals surface area contributed by atoms with E-state index in [1.54, 1.807) is 0 Å². The first kappa shape index (κ1) is 32.6. The molecule has 0 aliphatic heterocycles. The van der Waals surface area contributed by atoms with Gasteiger partial charge in [0, 0.05) is 30.7 Å². The standard InChI is InChI=1S/C26H36N4O4.C2H6/c1-4-18-27-22(31)12-15-26(16-13-23(32)28-19-5-2,17-14-24(33)29-20-6-3)30-25(34)21-10-8-7-9-11-21;1-2/h1-3,21H,7-20H2,(H,27,31)(H,28,32)(H,29,33)(H,30,34);1-2H3. The van der Waals surface area contributed by atoms with Crippen molar-refractivity contribution in [2.45, 2.75) is 90.0 Å². The SMILES string of the molecule is C#CCNC(=O)CCC(CCC(=O)NCC#C)(CCC(=O)NCC#C)NC(=O)C1CCCCC1.CC. The van der Waals surface area contributed by atoms with E-state index < -0.39 is 5.54 Å². The number of hydrogen-bond donors (Lipinski definition) is 4. The molecule has 0 aromatic heterocycles. The molecule has 0 heterocycles. The first-order valence-corrected chi connectivity index (χ1v) is 12.8. The van der Waals surface area contributed by atoms with Gasteiger partial charge in [-0.15, -0.1) is 19.3 Å².